The molecular weight excluding hydrogens is 270 g/mol. The fraction of sp³-hybridized carbons (Fsp3) is 0.200. The highest BCUT2D eigenvalue weighted by atomic mass is 19.4. The van der Waals surface area contributed by atoms with E-state index in [0.29, 0.717) is 11.3 Å². The molecule has 2 rings (SSSR count). The molecule has 0 amide bonds. The van der Waals surface area contributed by atoms with Crippen LogP contribution in [0.25, 0.3) is 0 Å². The van der Waals surface area contributed by atoms with Crippen LogP contribution in [-0.4, -0.2) is 0 Å². The van der Waals surface area contributed by atoms with E-state index >= 15 is 0 Å². The molecule has 0 aliphatic heterocycles. The van der Waals surface area contributed by atoms with Gasteiger partial charge in [0.15, 0.2) is 0 Å². The Morgan fingerprint density at radius 3 is 2.25 bits per heavy atom. The SMILES string of the molecule is Cc1ccc(F)c(NCc2ccc(C(F)(F)F)cc2)c1. The monoisotopic (exact) mass is 283 g/mol. The molecule has 1 nitrogen and oxygen atoms in total. The van der Waals surface area contributed by atoms with E-state index in [0.717, 1.165) is 17.7 Å². The zero-order chi connectivity index (χ0) is 14.8. The Labute approximate surface area is 114 Å². The summed E-state index contributed by atoms with van der Waals surface area (Å²) in [4.78, 5) is 0. The van der Waals surface area contributed by atoms with Gasteiger partial charge in [-0.05, 0) is 42.3 Å². The number of anilines is 1. The van der Waals surface area contributed by atoms with Gasteiger partial charge in [0.2, 0.25) is 0 Å². The fourth-order valence-electron chi connectivity index (χ4n) is 1.78. The van der Waals surface area contributed by atoms with E-state index in [1.807, 2.05) is 6.92 Å². The molecule has 2 aromatic rings. The highest BCUT2D eigenvalue weighted by molar-refractivity contribution is 5.47. The minimum Gasteiger partial charge on any atom is -0.379 e. The number of aryl methyl sites for hydroxylation is 1. The molecule has 0 saturated carbocycles. The summed E-state index contributed by atoms with van der Waals surface area (Å²) in [5.74, 6) is -0.387. The molecule has 0 aromatic heterocycles. The summed E-state index contributed by atoms with van der Waals surface area (Å²) in [6.07, 6.45) is -4.34. The van der Waals surface area contributed by atoms with Gasteiger partial charge in [-0.3, -0.25) is 0 Å². The summed E-state index contributed by atoms with van der Waals surface area (Å²) in [6, 6.07) is 9.45. The van der Waals surface area contributed by atoms with Crippen molar-refractivity contribution in [3.63, 3.8) is 0 Å². The van der Waals surface area contributed by atoms with Gasteiger partial charge in [-0.1, -0.05) is 18.2 Å². The van der Waals surface area contributed by atoms with Crippen LogP contribution in [0.15, 0.2) is 42.5 Å². The predicted molar refractivity (Wildman–Crippen MR) is 69.9 cm³/mol. The molecule has 20 heavy (non-hydrogen) atoms. The summed E-state index contributed by atoms with van der Waals surface area (Å²) in [5, 5.41) is 2.87. The molecule has 0 radical (unpaired) electrons. The van der Waals surface area contributed by atoms with Crippen molar-refractivity contribution in [2.24, 2.45) is 0 Å². The first-order chi connectivity index (χ1) is 9.36. The van der Waals surface area contributed by atoms with Crippen LogP contribution in [0.3, 0.4) is 0 Å². The van der Waals surface area contributed by atoms with Crippen molar-refractivity contribution in [1.82, 2.24) is 0 Å². The Bertz CT molecular complexity index is 588. The van der Waals surface area contributed by atoms with Crippen LogP contribution >= 0.6 is 0 Å². The van der Waals surface area contributed by atoms with Gasteiger partial charge < -0.3 is 5.32 Å². The van der Waals surface area contributed by atoms with Crippen molar-refractivity contribution in [2.75, 3.05) is 5.32 Å². The van der Waals surface area contributed by atoms with Gasteiger partial charge in [0.1, 0.15) is 5.82 Å². The van der Waals surface area contributed by atoms with Gasteiger partial charge in [0, 0.05) is 6.54 Å². The zero-order valence-corrected chi connectivity index (χ0v) is 10.8. The Hall–Kier alpha value is -2.04. The van der Waals surface area contributed by atoms with E-state index in [-0.39, 0.29) is 12.4 Å². The smallest absolute Gasteiger partial charge is 0.379 e. The van der Waals surface area contributed by atoms with Crippen molar-refractivity contribution in [3.05, 3.63) is 65.0 Å². The van der Waals surface area contributed by atoms with Crippen molar-refractivity contribution >= 4 is 5.69 Å². The Morgan fingerprint density at radius 2 is 1.65 bits per heavy atom. The number of hydrogen-bond donors (Lipinski definition) is 1. The summed E-state index contributed by atoms with van der Waals surface area (Å²) in [6.45, 7) is 2.10. The molecular formula is C15H13F4N. The summed E-state index contributed by atoms with van der Waals surface area (Å²) in [7, 11) is 0. The third-order valence-electron chi connectivity index (χ3n) is 2.89. The van der Waals surface area contributed by atoms with Crippen LogP contribution in [0.2, 0.25) is 0 Å². The number of rotatable bonds is 3. The topological polar surface area (TPSA) is 12.0 Å². The van der Waals surface area contributed by atoms with Crippen LogP contribution in [0, 0.1) is 12.7 Å². The van der Waals surface area contributed by atoms with Crippen LogP contribution in [0.1, 0.15) is 16.7 Å². The highest BCUT2D eigenvalue weighted by Crippen LogP contribution is 2.29. The standard InChI is InChI=1S/C15H13F4N/c1-10-2-7-13(16)14(8-10)20-9-11-3-5-12(6-4-11)15(17,18)19/h2-8,20H,9H2,1H3. The lowest BCUT2D eigenvalue weighted by atomic mass is 10.1. The number of halogens is 4. The Kier molecular flexibility index (Phi) is 3.97. The third kappa shape index (κ3) is 3.50. The largest absolute Gasteiger partial charge is 0.416 e. The van der Waals surface area contributed by atoms with E-state index in [9.17, 15) is 17.6 Å². The average Bonchev–Trinajstić information content (AvgIpc) is 2.39. The third-order valence-corrected chi connectivity index (χ3v) is 2.89. The molecule has 0 aliphatic rings. The van der Waals surface area contributed by atoms with Crippen molar-refractivity contribution < 1.29 is 17.6 Å². The van der Waals surface area contributed by atoms with Crippen molar-refractivity contribution in [3.8, 4) is 0 Å². The summed E-state index contributed by atoms with van der Waals surface area (Å²) >= 11 is 0. The van der Waals surface area contributed by atoms with Gasteiger partial charge in [0.25, 0.3) is 0 Å². The van der Waals surface area contributed by atoms with E-state index in [2.05, 4.69) is 5.32 Å². The van der Waals surface area contributed by atoms with E-state index in [1.165, 1.54) is 18.2 Å². The molecule has 0 unspecified atom stereocenters. The Morgan fingerprint density at radius 1 is 1.00 bits per heavy atom. The minimum atomic E-state index is -4.34. The predicted octanol–water partition coefficient (Wildman–Crippen LogP) is 4.77. The van der Waals surface area contributed by atoms with Gasteiger partial charge in [-0.25, -0.2) is 4.39 Å². The molecule has 0 saturated heterocycles. The molecule has 0 spiro atoms. The molecule has 0 bridgehead atoms. The maximum absolute atomic E-state index is 13.5. The highest BCUT2D eigenvalue weighted by Gasteiger charge is 2.29. The molecule has 5 heteroatoms. The van der Waals surface area contributed by atoms with Gasteiger partial charge in [-0.2, -0.15) is 13.2 Å². The van der Waals surface area contributed by atoms with E-state index in [4.69, 9.17) is 0 Å². The molecule has 0 atom stereocenters. The second-order valence-corrected chi connectivity index (χ2v) is 4.53. The second-order valence-electron chi connectivity index (χ2n) is 4.53. The van der Waals surface area contributed by atoms with Crippen LogP contribution in [0.5, 0.6) is 0 Å². The summed E-state index contributed by atoms with van der Waals surface area (Å²) in [5.41, 5.74) is 1.20. The van der Waals surface area contributed by atoms with Crippen LogP contribution in [0.4, 0.5) is 23.2 Å². The van der Waals surface area contributed by atoms with Crippen LogP contribution < -0.4 is 5.32 Å². The van der Waals surface area contributed by atoms with Crippen molar-refractivity contribution in [2.45, 2.75) is 19.6 Å². The number of alkyl halides is 3. The van der Waals surface area contributed by atoms with Crippen LogP contribution in [-0.2, 0) is 12.7 Å². The lowest BCUT2D eigenvalue weighted by Gasteiger charge is -2.10. The molecule has 0 fully saturated rings. The molecule has 0 heterocycles. The lowest BCUT2D eigenvalue weighted by Crippen LogP contribution is -2.06. The fourth-order valence-corrected chi connectivity index (χ4v) is 1.78. The first-order valence-corrected chi connectivity index (χ1v) is 6.02. The van der Waals surface area contributed by atoms with Gasteiger partial charge >= 0.3 is 6.18 Å². The zero-order valence-electron chi connectivity index (χ0n) is 10.8. The molecule has 1 N–H and O–H groups in total. The normalized spacial score (nSPS) is 11.4. The summed E-state index contributed by atoms with van der Waals surface area (Å²) < 4.78 is 50.7. The lowest BCUT2D eigenvalue weighted by molar-refractivity contribution is -0.137. The number of nitrogens with one attached hydrogen (secondary N) is 1. The van der Waals surface area contributed by atoms with Crippen molar-refractivity contribution in [1.29, 1.82) is 0 Å². The molecule has 106 valence electrons. The molecule has 2 aromatic carbocycles. The first kappa shape index (κ1) is 14.4. The average molecular weight is 283 g/mol. The minimum absolute atomic E-state index is 0.262. The van der Waals surface area contributed by atoms with E-state index in [1.54, 1.807) is 12.1 Å². The first-order valence-electron chi connectivity index (χ1n) is 6.02. The van der Waals surface area contributed by atoms with E-state index < -0.39 is 11.7 Å². The Balaban J connectivity index is 2.06. The maximum Gasteiger partial charge on any atom is 0.416 e. The number of hydrogen-bond acceptors (Lipinski definition) is 1. The second kappa shape index (κ2) is 5.53. The van der Waals surface area contributed by atoms with Gasteiger partial charge in [0.05, 0.1) is 11.3 Å². The maximum atomic E-state index is 13.5. The molecule has 0 aliphatic carbocycles. The number of benzene rings is 2. The van der Waals surface area contributed by atoms with Gasteiger partial charge in [-0.15, -0.1) is 0 Å². The quantitative estimate of drug-likeness (QED) is 0.800.